The summed E-state index contributed by atoms with van der Waals surface area (Å²) in [6.45, 7) is 1.57. The van der Waals surface area contributed by atoms with Crippen LogP contribution in [0.1, 0.15) is 17.2 Å². The Kier molecular flexibility index (Phi) is 2.80. The minimum Gasteiger partial charge on any atom is -0.341 e. The van der Waals surface area contributed by atoms with E-state index in [1.807, 2.05) is 23.1 Å². The quantitative estimate of drug-likeness (QED) is 0.872. The number of H-pyrrole nitrogens is 1. The molecule has 1 saturated heterocycles. The molecule has 3 rings (SSSR count). The molecule has 5 nitrogen and oxygen atoms in total. The van der Waals surface area contributed by atoms with Gasteiger partial charge in [0.05, 0.1) is 6.42 Å². The van der Waals surface area contributed by atoms with Gasteiger partial charge in [-0.05, 0) is 23.8 Å². The Morgan fingerprint density at radius 1 is 1.28 bits per heavy atom. The normalized spacial score (nSPS) is 15.4. The summed E-state index contributed by atoms with van der Waals surface area (Å²) < 4.78 is 0. The molecule has 92 valence electrons. The molecule has 18 heavy (non-hydrogen) atoms. The van der Waals surface area contributed by atoms with Crippen molar-refractivity contribution in [1.82, 2.24) is 20.1 Å². The number of carbonyl (C=O) groups excluding carboxylic acids is 1. The summed E-state index contributed by atoms with van der Waals surface area (Å²) in [7, 11) is 0. The molecule has 0 radical (unpaired) electrons. The lowest BCUT2D eigenvalue weighted by Crippen LogP contribution is -2.49. The molecule has 0 bridgehead atoms. The molecule has 3 heterocycles. The van der Waals surface area contributed by atoms with E-state index in [0.717, 1.165) is 24.3 Å². The van der Waals surface area contributed by atoms with E-state index in [2.05, 4.69) is 15.2 Å². The molecule has 1 aliphatic rings. The van der Waals surface area contributed by atoms with Crippen LogP contribution in [-0.4, -0.2) is 39.1 Å². The van der Waals surface area contributed by atoms with Crippen LogP contribution in [0.4, 0.5) is 0 Å². The van der Waals surface area contributed by atoms with Crippen LogP contribution in [-0.2, 0) is 11.2 Å². The van der Waals surface area contributed by atoms with Crippen LogP contribution in [0.2, 0.25) is 0 Å². The van der Waals surface area contributed by atoms with Gasteiger partial charge in [0.25, 0.3) is 0 Å². The van der Waals surface area contributed by atoms with Gasteiger partial charge in [0, 0.05) is 43.3 Å². The third-order valence-corrected chi connectivity index (χ3v) is 3.30. The summed E-state index contributed by atoms with van der Waals surface area (Å²) >= 11 is 0. The molecule has 1 N–H and O–H groups in total. The molecule has 0 unspecified atom stereocenters. The first kappa shape index (κ1) is 11.0. The largest absolute Gasteiger partial charge is 0.341 e. The maximum absolute atomic E-state index is 12.0. The number of rotatable bonds is 3. The highest BCUT2D eigenvalue weighted by atomic mass is 16.2. The van der Waals surface area contributed by atoms with Crippen LogP contribution < -0.4 is 0 Å². The number of carbonyl (C=O) groups is 1. The van der Waals surface area contributed by atoms with Gasteiger partial charge < -0.3 is 4.90 Å². The van der Waals surface area contributed by atoms with Crippen molar-refractivity contribution in [3.8, 4) is 0 Å². The average Bonchev–Trinajstić information content (AvgIpc) is 2.82. The molecule has 1 amide bonds. The lowest BCUT2D eigenvalue weighted by Gasteiger charge is -2.38. The van der Waals surface area contributed by atoms with Gasteiger partial charge in [-0.2, -0.15) is 5.10 Å². The van der Waals surface area contributed by atoms with Crippen molar-refractivity contribution in [3.05, 3.63) is 48.0 Å². The minimum atomic E-state index is 0.178. The number of nitrogens with zero attached hydrogens (tertiary/aromatic N) is 3. The third-order valence-electron chi connectivity index (χ3n) is 3.30. The van der Waals surface area contributed by atoms with Gasteiger partial charge in [0.2, 0.25) is 5.91 Å². The first-order valence-corrected chi connectivity index (χ1v) is 5.99. The minimum absolute atomic E-state index is 0.178. The van der Waals surface area contributed by atoms with Gasteiger partial charge in [-0.15, -0.1) is 0 Å². The predicted molar refractivity (Wildman–Crippen MR) is 65.8 cm³/mol. The summed E-state index contributed by atoms with van der Waals surface area (Å²) in [6, 6.07) is 5.73. The highest BCUT2D eigenvalue weighted by Gasteiger charge is 2.32. The Hall–Kier alpha value is -2.17. The Bertz CT molecular complexity index is 517. The van der Waals surface area contributed by atoms with Crippen LogP contribution in [0.25, 0.3) is 0 Å². The van der Waals surface area contributed by atoms with Gasteiger partial charge in [-0.25, -0.2) is 0 Å². The summed E-state index contributed by atoms with van der Waals surface area (Å²) in [5.74, 6) is 0.589. The Balaban J connectivity index is 1.54. The zero-order chi connectivity index (χ0) is 12.4. The van der Waals surface area contributed by atoms with Crippen LogP contribution in [0.3, 0.4) is 0 Å². The van der Waals surface area contributed by atoms with Crippen molar-refractivity contribution in [3.63, 3.8) is 0 Å². The Labute approximate surface area is 105 Å². The van der Waals surface area contributed by atoms with Gasteiger partial charge in [0.1, 0.15) is 0 Å². The smallest absolute Gasteiger partial charge is 0.227 e. The SMILES string of the molecule is O=C(Cc1ccncc1)N1CC(c2ccn[nH]2)C1. The van der Waals surface area contributed by atoms with Crippen LogP contribution in [0, 0.1) is 0 Å². The second-order valence-electron chi connectivity index (χ2n) is 4.54. The fourth-order valence-corrected chi connectivity index (χ4v) is 2.16. The monoisotopic (exact) mass is 242 g/mol. The zero-order valence-corrected chi connectivity index (χ0v) is 9.91. The van der Waals surface area contributed by atoms with E-state index in [1.54, 1.807) is 18.6 Å². The van der Waals surface area contributed by atoms with Crippen molar-refractivity contribution >= 4 is 5.91 Å². The van der Waals surface area contributed by atoms with E-state index in [9.17, 15) is 4.79 Å². The Morgan fingerprint density at radius 2 is 2.06 bits per heavy atom. The molecule has 0 spiro atoms. The number of likely N-dealkylation sites (tertiary alicyclic amines) is 1. The van der Waals surface area contributed by atoms with Crippen LogP contribution >= 0.6 is 0 Å². The van der Waals surface area contributed by atoms with E-state index in [-0.39, 0.29) is 5.91 Å². The molecule has 0 atom stereocenters. The maximum atomic E-state index is 12.0. The lowest BCUT2D eigenvalue weighted by atomic mass is 9.95. The van der Waals surface area contributed by atoms with Crippen molar-refractivity contribution in [1.29, 1.82) is 0 Å². The molecule has 2 aromatic rings. The number of hydrogen-bond acceptors (Lipinski definition) is 3. The summed E-state index contributed by atoms with van der Waals surface area (Å²) in [6.07, 6.45) is 5.63. The molecule has 2 aromatic heterocycles. The zero-order valence-electron chi connectivity index (χ0n) is 9.91. The van der Waals surface area contributed by atoms with E-state index in [1.165, 1.54) is 0 Å². The lowest BCUT2D eigenvalue weighted by molar-refractivity contribution is -0.134. The van der Waals surface area contributed by atoms with Gasteiger partial charge in [-0.3, -0.25) is 14.9 Å². The molecular formula is C13H14N4O. The number of nitrogens with one attached hydrogen (secondary N) is 1. The van der Waals surface area contributed by atoms with Crippen LogP contribution in [0.15, 0.2) is 36.8 Å². The molecule has 0 aliphatic carbocycles. The maximum Gasteiger partial charge on any atom is 0.227 e. The molecule has 1 fully saturated rings. The van der Waals surface area contributed by atoms with Gasteiger partial charge in [0.15, 0.2) is 0 Å². The molecule has 0 saturated carbocycles. The topological polar surface area (TPSA) is 61.9 Å². The van der Waals surface area contributed by atoms with E-state index >= 15 is 0 Å². The van der Waals surface area contributed by atoms with Gasteiger partial charge >= 0.3 is 0 Å². The summed E-state index contributed by atoms with van der Waals surface area (Å²) in [5.41, 5.74) is 2.13. The van der Waals surface area contributed by atoms with E-state index < -0.39 is 0 Å². The molecular weight excluding hydrogens is 228 g/mol. The highest BCUT2D eigenvalue weighted by Crippen LogP contribution is 2.25. The second kappa shape index (κ2) is 4.60. The second-order valence-corrected chi connectivity index (χ2v) is 4.54. The fourth-order valence-electron chi connectivity index (χ4n) is 2.16. The first-order valence-electron chi connectivity index (χ1n) is 5.99. The third kappa shape index (κ3) is 2.11. The number of amides is 1. The van der Waals surface area contributed by atoms with Gasteiger partial charge in [-0.1, -0.05) is 0 Å². The van der Waals surface area contributed by atoms with Crippen LogP contribution in [0.5, 0.6) is 0 Å². The van der Waals surface area contributed by atoms with E-state index in [0.29, 0.717) is 12.3 Å². The molecule has 1 aliphatic heterocycles. The molecule has 5 heteroatoms. The number of pyridine rings is 1. The van der Waals surface area contributed by atoms with Crippen molar-refractivity contribution < 1.29 is 4.79 Å². The van der Waals surface area contributed by atoms with Crippen molar-refractivity contribution in [2.24, 2.45) is 0 Å². The Morgan fingerprint density at radius 3 is 2.72 bits per heavy atom. The first-order chi connectivity index (χ1) is 8.83. The number of hydrogen-bond donors (Lipinski definition) is 1. The predicted octanol–water partition coefficient (Wildman–Crippen LogP) is 0.973. The summed E-state index contributed by atoms with van der Waals surface area (Å²) in [5, 5.41) is 6.88. The molecule has 0 aromatic carbocycles. The standard InChI is InChI=1S/C13H14N4O/c18-13(7-10-1-4-14-5-2-10)17-8-11(9-17)12-3-6-15-16-12/h1-6,11H,7-9H2,(H,15,16). The van der Waals surface area contributed by atoms with Crippen molar-refractivity contribution in [2.45, 2.75) is 12.3 Å². The highest BCUT2D eigenvalue weighted by molar-refractivity contribution is 5.79. The number of aromatic nitrogens is 3. The average molecular weight is 242 g/mol. The van der Waals surface area contributed by atoms with E-state index in [4.69, 9.17) is 0 Å². The fraction of sp³-hybridized carbons (Fsp3) is 0.308. The summed E-state index contributed by atoms with van der Waals surface area (Å²) in [4.78, 5) is 17.8. The number of aromatic amines is 1. The van der Waals surface area contributed by atoms with Crippen molar-refractivity contribution in [2.75, 3.05) is 13.1 Å².